The molecule has 0 aliphatic carbocycles. The quantitative estimate of drug-likeness (QED) is 0.651. The molecule has 106 valence electrons. The molecule has 1 aliphatic heterocycles. The highest BCUT2D eigenvalue weighted by molar-refractivity contribution is 6.07. The van der Waals surface area contributed by atoms with Crippen molar-refractivity contribution in [2.75, 3.05) is 5.32 Å². The normalized spacial score (nSPS) is 22.0. The van der Waals surface area contributed by atoms with Crippen LogP contribution < -0.4 is 10.6 Å². The zero-order valence-electron chi connectivity index (χ0n) is 11.6. The van der Waals surface area contributed by atoms with E-state index in [-0.39, 0.29) is 23.6 Å². The molecule has 2 atom stereocenters. The summed E-state index contributed by atoms with van der Waals surface area (Å²) in [6.07, 6.45) is 1.36. The largest absolute Gasteiger partial charge is 0.353 e. The summed E-state index contributed by atoms with van der Waals surface area (Å²) >= 11 is 0. The average Bonchev–Trinajstić information content (AvgIpc) is 2.39. The first kappa shape index (κ1) is 14.2. The van der Waals surface area contributed by atoms with Crippen molar-refractivity contribution in [2.24, 2.45) is 5.92 Å². The Kier molecular flexibility index (Phi) is 4.17. The van der Waals surface area contributed by atoms with E-state index in [2.05, 4.69) is 10.6 Å². The third kappa shape index (κ3) is 3.23. The second-order valence-corrected chi connectivity index (χ2v) is 5.16. The fourth-order valence-electron chi connectivity index (χ4n) is 2.23. The molecular formula is C15H18N2O3. The fraction of sp³-hybridized carbons (Fsp3) is 0.400. The zero-order chi connectivity index (χ0) is 14.7. The lowest BCUT2D eigenvalue weighted by Gasteiger charge is -2.26. The minimum absolute atomic E-state index is 0.0245. The van der Waals surface area contributed by atoms with Gasteiger partial charge in [0.1, 0.15) is 5.92 Å². The van der Waals surface area contributed by atoms with Crippen LogP contribution in [-0.2, 0) is 9.59 Å². The Hall–Kier alpha value is -2.17. The van der Waals surface area contributed by atoms with Crippen LogP contribution in [0, 0.1) is 5.92 Å². The average molecular weight is 274 g/mol. The van der Waals surface area contributed by atoms with Gasteiger partial charge in [0, 0.05) is 17.3 Å². The number of hydrogen-bond acceptors (Lipinski definition) is 3. The summed E-state index contributed by atoms with van der Waals surface area (Å²) in [4.78, 5) is 35.0. The molecule has 1 aromatic carbocycles. The third-order valence-corrected chi connectivity index (χ3v) is 3.47. The Morgan fingerprint density at radius 2 is 1.85 bits per heavy atom. The molecule has 20 heavy (non-hydrogen) atoms. The Morgan fingerprint density at radius 1 is 1.20 bits per heavy atom. The van der Waals surface area contributed by atoms with Gasteiger partial charge in [0.2, 0.25) is 11.8 Å². The van der Waals surface area contributed by atoms with E-state index >= 15 is 0 Å². The first-order chi connectivity index (χ1) is 9.47. The monoisotopic (exact) mass is 274 g/mol. The molecule has 1 fully saturated rings. The lowest BCUT2D eigenvalue weighted by atomic mass is 9.94. The summed E-state index contributed by atoms with van der Waals surface area (Å²) in [7, 11) is 0. The first-order valence-corrected chi connectivity index (χ1v) is 6.69. The number of anilines is 1. The van der Waals surface area contributed by atoms with Crippen LogP contribution in [0.1, 0.15) is 37.0 Å². The predicted octanol–water partition coefficient (Wildman–Crippen LogP) is 1.74. The number of nitrogens with one attached hydrogen (secondary N) is 2. The second kappa shape index (κ2) is 5.86. The molecule has 1 heterocycles. The van der Waals surface area contributed by atoms with E-state index in [1.807, 2.05) is 6.92 Å². The number of ketones is 1. The maximum atomic E-state index is 12.1. The zero-order valence-corrected chi connectivity index (χ0v) is 11.6. The van der Waals surface area contributed by atoms with Crippen LogP contribution in [0.15, 0.2) is 24.3 Å². The van der Waals surface area contributed by atoms with Crippen molar-refractivity contribution in [3.05, 3.63) is 29.8 Å². The maximum Gasteiger partial charge on any atom is 0.236 e. The van der Waals surface area contributed by atoms with Crippen LogP contribution in [0.3, 0.4) is 0 Å². The van der Waals surface area contributed by atoms with Gasteiger partial charge in [-0.25, -0.2) is 0 Å². The van der Waals surface area contributed by atoms with Gasteiger partial charge < -0.3 is 10.6 Å². The first-order valence-electron chi connectivity index (χ1n) is 6.69. The van der Waals surface area contributed by atoms with Gasteiger partial charge in [-0.15, -0.1) is 0 Å². The van der Waals surface area contributed by atoms with Crippen molar-refractivity contribution in [3.63, 3.8) is 0 Å². The molecule has 2 N–H and O–H groups in total. The van der Waals surface area contributed by atoms with E-state index in [0.717, 1.165) is 6.42 Å². The van der Waals surface area contributed by atoms with Gasteiger partial charge in [0.05, 0.1) is 0 Å². The molecule has 1 aliphatic rings. The number of hydrogen-bond donors (Lipinski definition) is 2. The van der Waals surface area contributed by atoms with Crippen molar-refractivity contribution < 1.29 is 14.4 Å². The molecule has 5 nitrogen and oxygen atoms in total. The van der Waals surface area contributed by atoms with Gasteiger partial charge in [-0.2, -0.15) is 0 Å². The molecule has 0 bridgehead atoms. The number of benzene rings is 1. The second-order valence-electron chi connectivity index (χ2n) is 5.16. The Morgan fingerprint density at radius 3 is 2.40 bits per heavy atom. The molecule has 2 amide bonds. The predicted molar refractivity (Wildman–Crippen MR) is 75.4 cm³/mol. The summed E-state index contributed by atoms with van der Waals surface area (Å²) < 4.78 is 0. The summed E-state index contributed by atoms with van der Waals surface area (Å²) in [6.45, 7) is 3.41. The molecule has 0 aromatic heterocycles. The van der Waals surface area contributed by atoms with Crippen LogP contribution in [-0.4, -0.2) is 23.6 Å². The van der Waals surface area contributed by atoms with E-state index < -0.39 is 5.92 Å². The lowest BCUT2D eigenvalue weighted by molar-refractivity contribution is -0.134. The SMILES string of the molecule is CC(=O)c1ccc(NC(=O)[C@H]2CC[C@@H](C)NC2=O)cc1. The minimum atomic E-state index is -0.640. The molecule has 5 heteroatoms. The van der Waals surface area contributed by atoms with Crippen molar-refractivity contribution >= 4 is 23.3 Å². The number of amides is 2. The Balaban J connectivity index is 2.00. The summed E-state index contributed by atoms with van der Waals surface area (Å²) in [5, 5.41) is 5.49. The molecule has 0 unspecified atom stereocenters. The van der Waals surface area contributed by atoms with Gasteiger partial charge >= 0.3 is 0 Å². The van der Waals surface area contributed by atoms with Crippen molar-refractivity contribution in [3.8, 4) is 0 Å². The third-order valence-electron chi connectivity index (χ3n) is 3.47. The number of carbonyl (C=O) groups is 3. The Bertz CT molecular complexity index is 537. The van der Waals surface area contributed by atoms with Crippen LogP contribution in [0.5, 0.6) is 0 Å². The molecule has 1 saturated heterocycles. The van der Waals surface area contributed by atoms with Gasteiger partial charge in [0.15, 0.2) is 5.78 Å². The lowest BCUT2D eigenvalue weighted by Crippen LogP contribution is -2.46. The van der Waals surface area contributed by atoms with E-state index in [1.165, 1.54) is 6.92 Å². The van der Waals surface area contributed by atoms with Crippen LogP contribution in [0.2, 0.25) is 0 Å². The number of carbonyl (C=O) groups excluding carboxylic acids is 3. The van der Waals surface area contributed by atoms with Crippen LogP contribution in [0.4, 0.5) is 5.69 Å². The van der Waals surface area contributed by atoms with E-state index in [9.17, 15) is 14.4 Å². The summed E-state index contributed by atoms with van der Waals surface area (Å²) in [6, 6.07) is 6.76. The highest BCUT2D eigenvalue weighted by Gasteiger charge is 2.31. The molecule has 2 rings (SSSR count). The smallest absolute Gasteiger partial charge is 0.236 e. The number of piperidine rings is 1. The standard InChI is InChI=1S/C15H18N2O3/c1-9-3-8-13(14(19)16-9)15(20)17-12-6-4-11(5-7-12)10(2)18/h4-7,9,13H,3,8H2,1-2H3,(H,16,19)(H,17,20)/t9-,13+/m1/s1. The highest BCUT2D eigenvalue weighted by Crippen LogP contribution is 2.18. The molecule has 1 aromatic rings. The number of Topliss-reactive ketones (excluding diaryl/α,β-unsaturated/α-hetero) is 1. The van der Waals surface area contributed by atoms with Crippen molar-refractivity contribution in [1.82, 2.24) is 5.32 Å². The van der Waals surface area contributed by atoms with Gasteiger partial charge in [-0.3, -0.25) is 14.4 Å². The molecule has 0 spiro atoms. The van der Waals surface area contributed by atoms with Crippen LogP contribution >= 0.6 is 0 Å². The van der Waals surface area contributed by atoms with Crippen LogP contribution in [0.25, 0.3) is 0 Å². The van der Waals surface area contributed by atoms with E-state index in [0.29, 0.717) is 17.7 Å². The van der Waals surface area contributed by atoms with Gasteiger partial charge in [-0.1, -0.05) is 0 Å². The van der Waals surface area contributed by atoms with Crippen molar-refractivity contribution in [1.29, 1.82) is 0 Å². The summed E-state index contributed by atoms with van der Waals surface area (Å²) in [5.74, 6) is -1.19. The van der Waals surface area contributed by atoms with Gasteiger partial charge in [-0.05, 0) is 51.0 Å². The molecular weight excluding hydrogens is 256 g/mol. The van der Waals surface area contributed by atoms with E-state index in [1.54, 1.807) is 24.3 Å². The fourth-order valence-corrected chi connectivity index (χ4v) is 2.23. The Labute approximate surface area is 117 Å². The van der Waals surface area contributed by atoms with Gasteiger partial charge in [0.25, 0.3) is 0 Å². The maximum absolute atomic E-state index is 12.1. The van der Waals surface area contributed by atoms with Crippen molar-refractivity contribution in [2.45, 2.75) is 32.7 Å². The number of rotatable bonds is 3. The topological polar surface area (TPSA) is 75.3 Å². The minimum Gasteiger partial charge on any atom is -0.353 e. The highest BCUT2D eigenvalue weighted by atomic mass is 16.2. The van der Waals surface area contributed by atoms with E-state index in [4.69, 9.17) is 0 Å². The molecule has 0 radical (unpaired) electrons. The summed E-state index contributed by atoms with van der Waals surface area (Å²) in [5.41, 5.74) is 1.18. The molecule has 0 saturated carbocycles.